The molecule has 0 amide bonds. The summed E-state index contributed by atoms with van der Waals surface area (Å²) in [6.45, 7) is 0. The van der Waals surface area contributed by atoms with Crippen LogP contribution in [-0.4, -0.2) is 18.9 Å². The van der Waals surface area contributed by atoms with Crippen LogP contribution in [0.3, 0.4) is 0 Å². The van der Waals surface area contributed by atoms with Crippen LogP contribution in [0.5, 0.6) is 0 Å². The van der Waals surface area contributed by atoms with Crippen molar-refractivity contribution in [3.63, 3.8) is 0 Å². The van der Waals surface area contributed by atoms with E-state index in [1.165, 1.54) is 5.56 Å². The number of hydrogen-bond donors (Lipinski definition) is 0. The van der Waals surface area contributed by atoms with E-state index in [1.807, 2.05) is 30.3 Å². The molecule has 1 aromatic carbocycles. The zero-order valence-corrected chi connectivity index (χ0v) is 9.37. The van der Waals surface area contributed by atoms with E-state index >= 15 is 0 Å². The number of methoxy groups -OCH3 is 2. The summed E-state index contributed by atoms with van der Waals surface area (Å²) in [6, 6.07) is 10.0. The average molecular weight is 245 g/mol. The molecule has 0 saturated carbocycles. The van der Waals surface area contributed by atoms with Crippen molar-refractivity contribution in [2.75, 3.05) is 14.2 Å². The Bertz CT molecular complexity index is 244. The van der Waals surface area contributed by atoms with Gasteiger partial charge in [-0.15, -0.1) is 0 Å². The molecule has 0 fully saturated rings. The maximum atomic E-state index is 5.19. The molecule has 0 N–H and O–H groups in total. The van der Waals surface area contributed by atoms with Crippen molar-refractivity contribution in [3.8, 4) is 0 Å². The zero-order valence-electron chi connectivity index (χ0n) is 7.79. The molecule has 0 bridgehead atoms. The highest BCUT2D eigenvalue weighted by atomic mass is 79.9. The molecule has 0 heterocycles. The van der Waals surface area contributed by atoms with Gasteiger partial charge in [0, 0.05) is 20.6 Å². The van der Waals surface area contributed by atoms with Gasteiger partial charge in [0.25, 0.3) is 0 Å². The largest absolute Gasteiger partial charge is 0.344 e. The third kappa shape index (κ3) is 3.10. The molecule has 72 valence electrons. The molecule has 2 nitrogen and oxygen atoms in total. The number of halogens is 1. The molecule has 0 saturated heterocycles. The second kappa shape index (κ2) is 4.74. The molecule has 0 aliphatic heterocycles. The Morgan fingerprint density at radius 1 is 1.15 bits per heavy atom. The quantitative estimate of drug-likeness (QED) is 0.599. The van der Waals surface area contributed by atoms with Gasteiger partial charge >= 0.3 is 0 Å². The Morgan fingerprint density at radius 2 is 1.69 bits per heavy atom. The van der Waals surface area contributed by atoms with Gasteiger partial charge in [0.15, 0.2) is 0 Å². The second-order valence-electron chi connectivity index (χ2n) is 2.73. The predicted octanol–water partition coefficient (Wildman–Crippen LogP) is 2.57. The third-order valence-electron chi connectivity index (χ3n) is 1.87. The number of alkyl halides is 1. The molecule has 0 aliphatic carbocycles. The average Bonchev–Trinajstić information content (AvgIpc) is 2.19. The molecular weight excluding hydrogens is 232 g/mol. The summed E-state index contributed by atoms with van der Waals surface area (Å²) < 4.78 is 9.67. The van der Waals surface area contributed by atoms with Crippen LogP contribution in [0.15, 0.2) is 30.3 Å². The molecule has 0 spiro atoms. The van der Waals surface area contributed by atoms with Gasteiger partial charge in [-0.05, 0) is 21.5 Å². The summed E-state index contributed by atoms with van der Waals surface area (Å²) in [4.78, 5) is 0. The van der Waals surface area contributed by atoms with Gasteiger partial charge in [-0.1, -0.05) is 30.3 Å². The molecule has 0 aliphatic rings. The molecule has 1 aromatic rings. The lowest BCUT2D eigenvalue weighted by Gasteiger charge is -2.23. The van der Waals surface area contributed by atoms with Crippen LogP contribution in [0.25, 0.3) is 0 Å². The van der Waals surface area contributed by atoms with Crippen molar-refractivity contribution in [1.29, 1.82) is 0 Å². The first kappa shape index (κ1) is 10.7. The Kier molecular flexibility index (Phi) is 3.90. The molecule has 0 radical (unpaired) electrons. The summed E-state index contributed by atoms with van der Waals surface area (Å²) in [5.41, 5.74) is 1.17. The minimum atomic E-state index is -0.700. The first-order chi connectivity index (χ1) is 6.20. The van der Waals surface area contributed by atoms with Crippen LogP contribution in [-0.2, 0) is 15.9 Å². The fourth-order valence-electron chi connectivity index (χ4n) is 1.07. The smallest absolute Gasteiger partial charge is 0.230 e. The first-order valence-electron chi connectivity index (χ1n) is 4.03. The highest BCUT2D eigenvalue weighted by molar-refractivity contribution is 9.10. The van der Waals surface area contributed by atoms with Crippen molar-refractivity contribution in [2.24, 2.45) is 0 Å². The number of hydrogen-bond acceptors (Lipinski definition) is 2. The van der Waals surface area contributed by atoms with Crippen molar-refractivity contribution in [1.82, 2.24) is 0 Å². The van der Waals surface area contributed by atoms with Gasteiger partial charge in [-0.25, -0.2) is 0 Å². The van der Waals surface area contributed by atoms with Crippen molar-refractivity contribution in [3.05, 3.63) is 35.9 Å². The lowest BCUT2D eigenvalue weighted by molar-refractivity contribution is -0.126. The second-order valence-corrected chi connectivity index (χ2v) is 3.94. The normalized spacial score (nSPS) is 11.6. The number of ether oxygens (including phenoxy) is 2. The van der Waals surface area contributed by atoms with E-state index in [0.717, 1.165) is 0 Å². The monoisotopic (exact) mass is 244 g/mol. The van der Waals surface area contributed by atoms with E-state index in [1.54, 1.807) is 14.2 Å². The Morgan fingerprint density at radius 3 is 2.15 bits per heavy atom. The highest BCUT2D eigenvalue weighted by Gasteiger charge is 2.25. The molecule has 0 unspecified atom stereocenters. The fourth-order valence-corrected chi connectivity index (χ4v) is 1.39. The van der Waals surface area contributed by atoms with Crippen LogP contribution in [0, 0.1) is 0 Å². The lowest BCUT2D eigenvalue weighted by Crippen LogP contribution is -2.28. The van der Waals surface area contributed by atoms with E-state index in [9.17, 15) is 0 Å². The van der Waals surface area contributed by atoms with Crippen LogP contribution in [0.2, 0.25) is 0 Å². The van der Waals surface area contributed by atoms with Crippen LogP contribution >= 0.6 is 15.9 Å². The van der Waals surface area contributed by atoms with Gasteiger partial charge in [0.2, 0.25) is 4.70 Å². The number of benzene rings is 1. The predicted molar refractivity (Wildman–Crippen MR) is 55.8 cm³/mol. The maximum absolute atomic E-state index is 5.19. The molecule has 13 heavy (non-hydrogen) atoms. The molecule has 3 heteroatoms. The Labute approximate surface area is 87.0 Å². The van der Waals surface area contributed by atoms with Gasteiger partial charge in [-0.2, -0.15) is 0 Å². The van der Waals surface area contributed by atoms with Gasteiger partial charge in [-0.3, -0.25) is 0 Å². The van der Waals surface area contributed by atoms with Crippen molar-refractivity contribution < 1.29 is 9.47 Å². The molecular formula is C10H13BrO2. The molecule has 0 atom stereocenters. The van der Waals surface area contributed by atoms with E-state index in [-0.39, 0.29) is 0 Å². The SMILES string of the molecule is COC(Br)(Cc1ccccc1)OC. The Hall–Kier alpha value is -0.380. The summed E-state index contributed by atoms with van der Waals surface area (Å²) in [5, 5.41) is 0. The minimum absolute atomic E-state index is 0.681. The highest BCUT2D eigenvalue weighted by Crippen LogP contribution is 2.24. The zero-order chi connectivity index (χ0) is 9.73. The van der Waals surface area contributed by atoms with E-state index in [2.05, 4.69) is 15.9 Å². The minimum Gasteiger partial charge on any atom is -0.344 e. The molecule has 0 aromatic heterocycles. The van der Waals surface area contributed by atoms with Gasteiger partial charge in [0.05, 0.1) is 0 Å². The number of rotatable bonds is 4. The van der Waals surface area contributed by atoms with Crippen molar-refractivity contribution >= 4 is 15.9 Å². The standard InChI is InChI=1S/C10H13BrO2/c1-12-10(11,13-2)8-9-6-4-3-5-7-9/h3-7H,8H2,1-2H3. The summed E-state index contributed by atoms with van der Waals surface area (Å²) in [6.07, 6.45) is 0.681. The Balaban J connectivity index is 2.68. The first-order valence-corrected chi connectivity index (χ1v) is 4.82. The van der Waals surface area contributed by atoms with Crippen LogP contribution < -0.4 is 0 Å². The third-order valence-corrected chi connectivity index (χ3v) is 2.80. The van der Waals surface area contributed by atoms with Crippen LogP contribution in [0.4, 0.5) is 0 Å². The van der Waals surface area contributed by atoms with Crippen LogP contribution in [0.1, 0.15) is 5.56 Å². The summed E-state index contributed by atoms with van der Waals surface area (Å²) >= 11 is 3.38. The van der Waals surface area contributed by atoms with E-state index < -0.39 is 4.70 Å². The summed E-state index contributed by atoms with van der Waals surface area (Å²) in [7, 11) is 3.22. The van der Waals surface area contributed by atoms with E-state index in [0.29, 0.717) is 6.42 Å². The summed E-state index contributed by atoms with van der Waals surface area (Å²) in [5.74, 6) is 0. The topological polar surface area (TPSA) is 18.5 Å². The fraction of sp³-hybridized carbons (Fsp3) is 0.400. The van der Waals surface area contributed by atoms with Gasteiger partial charge in [0.1, 0.15) is 0 Å². The van der Waals surface area contributed by atoms with E-state index in [4.69, 9.17) is 9.47 Å². The molecule has 1 rings (SSSR count). The lowest BCUT2D eigenvalue weighted by atomic mass is 10.1. The van der Waals surface area contributed by atoms with Crippen molar-refractivity contribution in [2.45, 2.75) is 11.1 Å². The maximum Gasteiger partial charge on any atom is 0.230 e. The van der Waals surface area contributed by atoms with Gasteiger partial charge < -0.3 is 9.47 Å².